The molecule has 7 nitrogen and oxygen atoms in total. The van der Waals surface area contributed by atoms with E-state index >= 15 is 0 Å². The van der Waals surface area contributed by atoms with E-state index in [9.17, 15) is 0 Å². The summed E-state index contributed by atoms with van der Waals surface area (Å²) in [7, 11) is 0. The van der Waals surface area contributed by atoms with Crippen LogP contribution >= 0.6 is 11.5 Å². The lowest BCUT2D eigenvalue weighted by molar-refractivity contribution is 0.119. The molecule has 0 amide bonds. The van der Waals surface area contributed by atoms with Crippen LogP contribution in [0.3, 0.4) is 0 Å². The Morgan fingerprint density at radius 2 is 2.47 bits per heavy atom. The minimum absolute atomic E-state index is 0.333. The number of ether oxygens (including phenoxy) is 1. The van der Waals surface area contributed by atoms with E-state index in [2.05, 4.69) is 19.7 Å². The van der Waals surface area contributed by atoms with Crippen LogP contribution in [0.2, 0.25) is 0 Å². The molecule has 1 atom stereocenters. The van der Waals surface area contributed by atoms with Gasteiger partial charge in [-0.3, -0.25) is 0 Å². The van der Waals surface area contributed by atoms with E-state index in [1.807, 2.05) is 6.92 Å². The fraction of sp³-hybridized carbons (Fsp3) is 0.556. The fourth-order valence-electron chi connectivity index (χ4n) is 1.18. The Hall–Kier alpha value is -1.38. The maximum atomic E-state index is 5.86. The Labute approximate surface area is 102 Å². The molecule has 0 aliphatic heterocycles. The number of rotatable bonds is 6. The maximum absolute atomic E-state index is 5.86. The first kappa shape index (κ1) is 12.1. The van der Waals surface area contributed by atoms with Crippen molar-refractivity contribution in [2.75, 3.05) is 13.2 Å². The van der Waals surface area contributed by atoms with Gasteiger partial charge in [-0.25, -0.2) is 0 Å². The molecule has 0 fully saturated rings. The summed E-state index contributed by atoms with van der Waals surface area (Å²) in [5, 5.41) is 9.36. The van der Waals surface area contributed by atoms with Crippen LogP contribution in [0.5, 0.6) is 0 Å². The van der Waals surface area contributed by atoms with Crippen LogP contribution in [-0.4, -0.2) is 32.9 Å². The maximum Gasteiger partial charge on any atom is 0.279 e. The van der Waals surface area contributed by atoms with Gasteiger partial charge in [0.1, 0.15) is 0 Å². The average molecular weight is 255 g/mol. The van der Waals surface area contributed by atoms with Crippen molar-refractivity contribution < 1.29 is 9.26 Å². The van der Waals surface area contributed by atoms with Gasteiger partial charge in [0.05, 0.1) is 12.6 Å². The summed E-state index contributed by atoms with van der Waals surface area (Å²) in [6, 6.07) is -0.384. The quantitative estimate of drug-likeness (QED) is 0.769. The van der Waals surface area contributed by atoms with E-state index in [-0.39, 0.29) is 6.04 Å². The van der Waals surface area contributed by atoms with Gasteiger partial charge in [0.2, 0.25) is 0 Å². The zero-order valence-corrected chi connectivity index (χ0v) is 10.2. The van der Waals surface area contributed by atoms with E-state index in [0.29, 0.717) is 30.6 Å². The first-order valence-corrected chi connectivity index (χ1v) is 6.09. The summed E-state index contributed by atoms with van der Waals surface area (Å²) in [4.78, 5) is 4.15. The smallest absolute Gasteiger partial charge is 0.279 e. The van der Waals surface area contributed by atoms with Crippen molar-refractivity contribution in [2.45, 2.75) is 19.4 Å². The number of nitrogens with zero attached hydrogens (tertiary/aromatic N) is 4. The predicted molar refractivity (Wildman–Crippen MR) is 61.2 cm³/mol. The van der Waals surface area contributed by atoms with Gasteiger partial charge < -0.3 is 15.0 Å². The zero-order valence-electron chi connectivity index (χ0n) is 9.37. The predicted octanol–water partition coefficient (Wildman–Crippen LogP) is 1.01. The molecule has 0 spiro atoms. The largest absolute Gasteiger partial charge is 0.379 e. The Morgan fingerprint density at radius 3 is 3.18 bits per heavy atom. The first-order chi connectivity index (χ1) is 8.31. The number of hydrogen-bond acceptors (Lipinski definition) is 8. The molecule has 17 heavy (non-hydrogen) atoms. The van der Waals surface area contributed by atoms with Crippen molar-refractivity contribution in [3.63, 3.8) is 0 Å². The van der Waals surface area contributed by atoms with Gasteiger partial charge in [-0.05, 0) is 18.0 Å². The topological polar surface area (TPSA) is 100.0 Å². The third-order valence-electron chi connectivity index (χ3n) is 2.00. The second-order valence-electron chi connectivity index (χ2n) is 3.43. The van der Waals surface area contributed by atoms with Gasteiger partial charge in [0.15, 0.2) is 11.5 Å². The monoisotopic (exact) mass is 255 g/mol. The van der Waals surface area contributed by atoms with Crippen molar-refractivity contribution in [1.82, 2.24) is 19.7 Å². The van der Waals surface area contributed by atoms with Gasteiger partial charge in [-0.2, -0.15) is 4.98 Å². The highest BCUT2D eigenvalue weighted by molar-refractivity contribution is 7.03. The van der Waals surface area contributed by atoms with Crippen LogP contribution < -0.4 is 5.73 Å². The van der Waals surface area contributed by atoms with Gasteiger partial charge >= 0.3 is 0 Å². The molecule has 92 valence electrons. The molecule has 0 bridgehead atoms. The highest BCUT2D eigenvalue weighted by atomic mass is 32.1. The Bertz CT molecular complexity index is 444. The standard InChI is InChI=1S/C9H13N5O2S/c1-2-3-15-4-6(10)8-11-9(16-13-8)7-5-17-14-12-7/h5-6H,2-4,10H2,1H3. The summed E-state index contributed by atoms with van der Waals surface area (Å²) < 4.78 is 14.1. The van der Waals surface area contributed by atoms with Gasteiger partial charge in [0.25, 0.3) is 5.89 Å². The summed E-state index contributed by atoms with van der Waals surface area (Å²) in [5.41, 5.74) is 6.42. The SMILES string of the molecule is CCCOCC(N)c1noc(-c2csnn2)n1. The van der Waals surface area contributed by atoms with E-state index < -0.39 is 0 Å². The van der Waals surface area contributed by atoms with Crippen molar-refractivity contribution >= 4 is 11.5 Å². The molecular weight excluding hydrogens is 242 g/mol. The fourth-order valence-corrected chi connectivity index (χ4v) is 1.61. The average Bonchev–Trinajstić information content (AvgIpc) is 3.00. The third-order valence-corrected chi connectivity index (χ3v) is 2.50. The van der Waals surface area contributed by atoms with Crippen molar-refractivity contribution in [3.8, 4) is 11.6 Å². The lowest BCUT2D eigenvalue weighted by Gasteiger charge is -2.06. The summed E-state index contributed by atoms with van der Waals surface area (Å²) in [6.07, 6.45) is 0.953. The van der Waals surface area contributed by atoms with E-state index in [0.717, 1.165) is 6.42 Å². The van der Waals surface area contributed by atoms with Crippen molar-refractivity contribution in [1.29, 1.82) is 0 Å². The summed E-state index contributed by atoms with van der Waals surface area (Å²) >= 11 is 1.22. The molecule has 0 radical (unpaired) electrons. The van der Waals surface area contributed by atoms with Crippen LogP contribution in [0.25, 0.3) is 11.6 Å². The molecule has 8 heteroatoms. The van der Waals surface area contributed by atoms with Crippen molar-refractivity contribution in [2.24, 2.45) is 5.73 Å². The molecule has 2 heterocycles. The molecule has 0 aliphatic carbocycles. The molecule has 1 unspecified atom stereocenters. The molecule has 0 aliphatic rings. The highest BCUT2D eigenvalue weighted by Gasteiger charge is 2.16. The Morgan fingerprint density at radius 1 is 1.59 bits per heavy atom. The molecule has 2 aromatic heterocycles. The molecule has 0 saturated carbocycles. The number of aromatic nitrogens is 4. The minimum atomic E-state index is -0.384. The van der Waals surface area contributed by atoms with E-state index in [4.69, 9.17) is 15.0 Å². The molecule has 0 aromatic carbocycles. The minimum Gasteiger partial charge on any atom is -0.379 e. The lowest BCUT2D eigenvalue weighted by atomic mass is 10.3. The molecule has 0 saturated heterocycles. The molecular formula is C9H13N5O2S. The number of nitrogens with two attached hydrogens (primary N) is 1. The second-order valence-corrected chi connectivity index (χ2v) is 4.04. The Kier molecular flexibility index (Phi) is 4.13. The van der Waals surface area contributed by atoms with E-state index in [1.165, 1.54) is 11.5 Å². The molecule has 2 N–H and O–H groups in total. The van der Waals surface area contributed by atoms with Crippen LogP contribution in [-0.2, 0) is 4.74 Å². The number of hydrogen-bond donors (Lipinski definition) is 1. The van der Waals surface area contributed by atoms with E-state index in [1.54, 1.807) is 5.38 Å². The molecule has 2 rings (SSSR count). The van der Waals surface area contributed by atoms with Gasteiger partial charge in [-0.15, -0.1) is 5.10 Å². The molecule has 2 aromatic rings. The van der Waals surface area contributed by atoms with Crippen LogP contribution in [0.15, 0.2) is 9.90 Å². The van der Waals surface area contributed by atoms with Gasteiger partial charge in [-0.1, -0.05) is 16.6 Å². The summed E-state index contributed by atoms with van der Waals surface area (Å²) in [6.45, 7) is 3.09. The Balaban J connectivity index is 1.98. The van der Waals surface area contributed by atoms with Crippen LogP contribution in [0.1, 0.15) is 25.2 Å². The third kappa shape index (κ3) is 3.05. The summed E-state index contributed by atoms with van der Waals surface area (Å²) in [5.74, 6) is 0.754. The van der Waals surface area contributed by atoms with Gasteiger partial charge in [0, 0.05) is 12.0 Å². The first-order valence-electron chi connectivity index (χ1n) is 5.25. The van der Waals surface area contributed by atoms with Crippen LogP contribution in [0.4, 0.5) is 0 Å². The second kappa shape index (κ2) is 5.80. The lowest BCUT2D eigenvalue weighted by Crippen LogP contribution is -2.18. The normalized spacial score (nSPS) is 12.8. The van der Waals surface area contributed by atoms with Crippen LogP contribution in [0, 0.1) is 0 Å². The highest BCUT2D eigenvalue weighted by Crippen LogP contribution is 2.17. The van der Waals surface area contributed by atoms with Crippen molar-refractivity contribution in [3.05, 3.63) is 11.2 Å². The zero-order chi connectivity index (χ0) is 12.1.